The van der Waals surface area contributed by atoms with Crippen molar-refractivity contribution in [3.63, 3.8) is 0 Å². The molecule has 7 heteroatoms. The fourth-order valence-corrected chi connectivity index (χ4v) is 2.83. The predicted octanol–water partition coefficient (Wildman–Crippen LogP) is 1.28. The van der Waals surface area contributed by atoms with Gasteiger partial charge in [-0.1, -0.05) is 17.7 Å². The highest BCUT2D eigenvalue weighted by Gasteiger charge is 2.15. The van der Waals surface area contributed by atoms with Crippen molar-refractivity contribution in [1.29, 1.82) is 0 Å². The van der Waals surface area contributed by atoms with Crippen molar-refractivity contribution >= 4 is 21.6 Å². The van der Waals surface area contributed by atoms with Gasteiger partial charge in [0.2, 0.25) is 10.0 Å². The number of halogens is 2. The second kappa shape index (κ2) is 5.77. The first-order valence-electron chi connectivity index (χ1n) is 4.89. The fraction of sp³-hybridized carbons (Fsp3) is 0.400. The Morgan fingerprint density at radius 3 is 2.71 bits per heavy atom. The van der Waals surface area contributed by atoms with Gasteiger partial charge in [-0.2, -0.15) is 0 Å². The Morgan fingerprint density at radius 2 is 2.18 bits per heavy atom. The lowest BCUT2D eigenvalue weighted by atomic mass is 10.2. The molecule has 1 unspecified atom stereocenters. The van der Waals surface area contributed by atoms with Crippen LogP contribution in [0.1, 0.15) is 12.5 Å². The van der Waals surface area contributed by atoms with Crippen LogP contribution >= 0.6 is 11.6 Å². The Hall–Kier alpha value is -0.690. The molecule has 0 aliphatic rings. The van der Waals surface area contributed by atoms with Gasteiger partial charge in [-0.05, 0) is 24.6 Å². The number of rotatable bonds is 5. The maximum atomic E-state index is 12.9. The molecule has 0 spiro atoms. The minimum atomic E-state index is -3.57. The summed E-state index contributed by atoms with van der Waals surface area (Å²) in [7, 11) is -3.57. The van der Waals surface area contributed by atoms with E-state index in [1.54, 1.807) is 0 Å². The molecule has 1 aromatic carbocycles. The molecule has 0 aliphatic carbocycles. The van der Waals surface area contributed by atoms with Gasteiger partial charge in [0.1, 0.15) is 5.82 Å². The highest BCUT2D eigenvalue weighted by atomic mass is 35.5. The SMILES string of the molecule is CC(CO)NS(=O)(=O)Cc1ccc(F)c(Cl)c1. The van der Waals surface area contributed by atoms with E-state index in [9.17, 15) is 12.8 Å². The van der Waals surface area contributed by atoms with Gasteiger partial charge in [-0.15, -0.1) is 0 Å². The Bertz CT molecular complexity index is 492. The molecule has 1 aromatic rings. The van der Waals surface area contributed by atoms with E-state index in [1.807, 2.05) is 0 Å². The monoisotopic (exact) mass is 281 g/mol. The van der Waals surface area contributed by atoms with Crippen LogP contribution in [-0.4, -0.2) is 26.2 Å². The zero-order valence-corrected chi connectivity index (χ0v) is 10.7. The molecular formula is C10H13ClFNO3S. The molecule has 0 aromatic heterocycles. The van der Waals surface area contributed by atoms with Crippen LogP contribution in [0.25, 0.3) is 0 Å². The van der Waals surface area contributed by atoms with Gasteiger partial charge < -0.3 is 5.11 Å². The summed E-state index contributed by atoms with van der Waals surface area (Å²) in [5.74, 6) is -0.901. The van der Waals surface area contributed by atoms with E-state index in [2.05, 4.69) is 4.72 Å². The summed E-state index contributed by atoms with van der Waals surface area (Å²) in [6.07, 6.45) is 0. The number of hydrogen-bond acceptors (Lipinski definition) is 3. The molecule has 0 amide bonds. The van der Waals surface area contributed by atoms with Crippen molar-refractivity contribution in [2.24, 2.45) is 0 Å². The Kier molecular flexibility index (Phi) is 4.88. The molecule has 96 valence electrons. The van der Waals surface area contributed by atoms with Gasteiger partial charge in [0.25, 0.3) is 0 Å². The average Bonchev–Trinajstić information content (AvgIpc) is 2.22. The van der Waals surface area contributed by atoms with E-state index >= 15 is 0 Å². The van der Waals surface area contributed by atoms with Crippen molar-refractivity contribution in [1.82, 2.24) is 4.72 Å². The van der Waals surface area contributed by atoms with Gasteiger partial charge in [0.15, 0.2) is 0 Å². The lowest BCUT2D eigenvalue weighted by Gasteiger charge is -2.11. The molecular weight excluding hydrogens is 269 g/mol. The van der Waals surface area contributed by atoms with E-state index in [0.29, 0.717) is 5.56 Å². The summed E-state index contributed by atoms with van der Waals surface area (Å²) >= 11 is 5.55. The van der Waals surface area contributed by atoms with Crippen molar-refractivity contribution in [3.05, 3.63) is 34.6 Å². The number of benzene rings is 1. The van der Waals surface area contributed by atoms with Crippen LogP contribution in [0, 0.1) is 5.82 Å². The maximum Gasteiger partial charge on any atom is 0.216 e. The Balaban J connectivity index is 2.80. The number of aliphatic hydroxyl groups excluding tert-OH is 1. The van der Waals surface area contributed by atoms with Crippen LogP contribution in [0.4, 0.5) is 4.39 Å². The highest BCUT2D eigenvalue weighted by Crippen LogP contribution is 2.17. The number of aliphatic hydroxyl groups is 1. The lowest BCUT2D eigenvalue weighted by molar-refractivity contribution is 0.265. The molecule has 17 heavy (non-hydrogen) atoms. The van der Waals surface area contributed by atoms with E-state index in [0.717, 1.165) is 6.07 Å². The number of hydrogen-bond donors (Lipinski definition) is 2. The normalized spacial score (nSPS) is 13.6. The molecule has 1 rings (SSSR count). The first kappa shape index (κ1) is 14.4. The molecule has 2 N–H and O–H groups in total. The van der Waals surface area contributed by atoms with Crippen molar-refractivity contribution in [2.45, 2.75) is 18.7 Å². The van der Waals surface area contributed by atoms with Crippen molar-refractivity contribution in [3.8, 4) is 0 Å². The minimum Gasteiger partial charge on any atom is -0.395 e. The maximum absolute atomic E-state index is 12.9. The smallest absolute Gasteiger partial charge is 0.216 e. The van der Waals surface area contributed by atoms with Crippen LogP contribution in [0.2, 0.25) is 5.02 Å². The lowest BCUT2D eigenvalue weighted by Crippen LogP contribution is -2.35. The Labute approximate surface area is 104 Å². The summed E-state index contributed by atoms with van der Waals surface area (Å²) in [6.45, 7) is 1.25. The summed E-state index contributed by atoms with van der Waals surface area (Å²) in [6, 6.07) is 3.17. The molecule has 0 saturated carbocycles. The molecule has 4 nitrogen and oxygen atoms in total. The van der Waals surface area contributed by atoms with Crippen molar-refractivity contribution in [2.75, 3.05) is 6.61 Å². The third kappa shape index (κ3) is 4.59. The third-order valence-electron chi connectivity index (χ3n) is 2.00. The molecule has 0 fully saturated rings. The Morgan fingerprint density at radius 1 is 1.53 bits per heavy atom. The average molecular weight is 282 g/mol. The molecule has 0 bridgehead atoms. The van der Waals surface area contributed by atoms with Crippen LogP contribution < -0.4 is 4.72 Å². The quantitative estimate of drug-likeness (QED) is 0.854. The standard InChI is InChI=1S/C10H13ClFNO3S/c1-7(5-14)13-17(15,16)6-8-2-3-10(12)9(11)4-8/h2-4,7,13-14H,5-6H2,1H3. The predicted molar refractivity (Wildman–Crippen MR) is 63.7 cm³/mol. The van der Waals surface area contributed by atoms with Gasteiger partial charge in [0, 0.05) is 6.04 Å². The first-order valence-corrected chi connectivity index (χ1v) is 6.92. The van der Waals surface area contributed by atoms with Crippen LogP contribution in [0.15, 0.2) is 18.2 Å². The number of nitrogens with one attached hydrogen (secondary N) is 1. The van der Waals surface area contributed by atoms with Crippen LogP contribution in [-0.2, 0) is 15.8 Å². The van der Waals surface area contributed by atoms with Crippen LogP contribution in [0.3, 0.4) is 0 Å². The molecule has 1 atom stereocenters. The zero-order valence-electron chi connectivity index (χ0n) is 9.15. The van der Waals surface area contributed by atoms with E-state index in [4.69, 9.17) is 16.7 Å². The molecule has 0 heterocycles. The summed E-state index contributed by atoms with van der Waals surface area (Å²) < 4.78 is 38.4. The molecule has 0 aliphatic heterocycles. The first-order chi connectivity index (χ1) is 7.84. The third-order valence-corrected chi connectivity index (χ3v) is 3.76. The van der Waals surface area contributed by atoms with Gasteiger partial charge >= 0.3 is 0 Å². The topological polar surface area (TPSA) is 66.4 Å². The number of sulfonamides is 1. The second-order valence-electron chi connectivity index (χ2n) is 3.71. The molecule has 0 saturated heterocycles. The zero-order chi connectivity index (χ0) is 13.1. The van der Waals surface area contributed by atoms with Gasteiger partial charge in [-0.3, -0.25) is 0 Å². The summed E-state index contributed by atoms with van der Waals surface area (Å²) in [4.78, 5) is 0. The highest BCUT2D eigenvalue weighted by molar-refractivity contribution is 7.88. The van der Waals surface area contributed by atoms with Gasteiger partial charge in [-0.25, -0.2) is 17.5 Å². The van der Waals surface area contributed by atoms with E-state index in [1.165, 1.54) is 19.1 Å². The van der Waals surface area contributed by atoms with E-state index < -0.39 is 21.9 Å². The van der Waals surface area contributed by atoms with Gasteiger partial charge in [0.05, 0.1) is 17.4 Å². The van der Waals surface area contributed by atoms with Crippen LogP contribution in [0.5, 0.6) is 0 Å². The largest absolute Gasteiger partial charge is 0.395 e. The second-order valence-corrected chi connectivity index (χ2v) is 5.87. The fourth-order valence-electron chi connectivity index (χ4n) is 1.23. The van der Waals surface area contributed by atoms with E-state index in [-0.39, 0.29) is 17.4 Å². The minimum absolute atomic E-state index is 0.118. The van der Waals surface area contributed by atoms with Crippen molar-refractivity contribution < 1.29 is 17.9 Å². The summed E-state index contributed by atoms with van der Waals surface area (Å²) in [5, 5.41) is 8.63. The summed E-state index contributed by atoms with van der Waals surface area (Å²) in [5.41, 5.74) is 0.383. The molecule has 0 radical (unpaired) electrons.